The van der Waals surface area contributed by atoms with Crippen LogP contribution in [-0.4, -0.2) is 28.5 Å². The van der Waals surface area contributed by atoms with Crippen LogP contribution in [0.15, 0.2) is 54.2 Å². The monoisotopic (exact) mass is 356 g/mol. The average Bonchev–Trinajstić information content (AvgIpc) is 3.27. The fourth-order valence-corrected chi connectivity index (χ4v) is 3.13. The van der Waals surface area contributed by atoms with Crippen molar-refractivity contribution in [3.05, 3.63) is 54.2 Å². The number of carbonyl (C=O) groups is 1. The molecule has 7 nitrogen and oxygen atoms in total. The van der Waals surface area contributed by atoms with Crippen molar-refractivity contribution in [2.45, 2.75) is 12.6 Å². The number of thiophene rings is 1. The van der Waals surface area contributed by atoms with E-state index >= 15 is 0 Å². The number of hydrogen-bond donors (Lipinski definition) is 2. The Bertz CT molecular complexity index is 862. The largest absolute Gasteiger partial charge is 0.486 e. The molecule has 0 saturated carbocycles. The molecule has 2 N–H and O–H groups in total. The molecule has 25 heavy (non-hydrogen) atoms. The summed E-state index contributed by atoms with van der Waals surface area (Å²) < 4.78 is 13.3. The van der Waals surface area contributed by atoms with Gasteiger partial charge in [-0.2, -0.15) is 5.10 Å². The summed E-state index contributed by atoms with van der Waals surface area (Å²) in [6.07, 6.45) is 3.23. The highest BCUT2D eigenvalue weighted by atomic mass is 32.1. The van der Waals surface area contributed by atoms with E-state index in [0.29, 0.717) is 18.8 Å². The lowest BCUT2D eigenvalue weighted by molar-refractivity contribution is 0.0759. The van der Waals surface area contributed by atoms with Gasteiger partial charge < -0.3 is 14.8 Å². The minimum Gasteiger partial charge on any atom is -0.486 e. The van der Waals surface area contributed by atoms with Crippen LogP contribution in [0.25, 0.3) is 0 Å². The predicted molar refractivity (Wildman–Crippen MR) is 95.5 cm³/mol. The van der Waals surface area contributed by atoms with E-state index in [4.69, 9.17) is 9.47 Å². The van der Waals surface area contributed by atoms with Crippen LogP contribution in [0, 0.1) is 0 Å². The molecule has 128 valence electrons. The fourth-order valence-electron chi connectivity index (χ4n) is 2.51. The Morgan fingerprint density at radius 1 is 1.24 bits per heavy atom. The summed E-state index contributed by atoms with van der Waals surface area (Å²) in [5.74, 6) is 1.49. The van der Waals surface area contributed by atoms with Gasteiger partial charge in [-0.05, 0) is 29.6 Å². The van der Waals surface area contributed by atoms with E-state index in [0.717, 1.165) is 16.5 Å². The highest BCUT2D eigenvalue weighted by Gasteiger charge is 2.21. The number of carbonyl (C=O) groups excluding carboxylic acids is 1. The van der Waals surface area contributed by atoms with E-state index in [9.17, 15) is 4.79 Å². The smallest absolute Gasteiger partial charge is 0.324 e. The van der Waals surface area contributed by atoms with E-state index in [-0.39, 0.29) is 12.1 Å². The van der Waals surface area contributed by atoms with E-state index in [1.165, 1.54) is 11.3 Å². The van der Waals surface area contributed by atoms with Crippen molar-refractivity contribution in [2.75, 3.05) is 17.2 Å². The van der Waals surface area contributed by atoms with Gasteiger partial charge in [0.05, 0.1) is 23.4 Å². The number of rotatable bonds is 4. The van der Waals surface area contributed by atoms with Crippen LogP contribution in [-0.2, 0) is 6.54 Å². The Kier molecular flexibility index (Phi) is 4.26. The number of benzene rings is 1. The van der Waals surface area contributed by atoms with Crippen LogP contribution in [0.2, 0.25) is 0 Å². The van der Waals surface area contributed by atoms with Gasteiger partial charge >= 0.3 is 6.03 Å². The van der Waals surface area contributed by atoms with E-state index in [2.05, 4.69) is 15.7 Å². The quantitative estimate of drug-likeness (QED) is 0.751. The number of nitrogens with one attached hydrogen (secondary N) is 2. The Morgan fingerprint density at radius 2 is 2.12 bits per heavy atom. The summed E-state index contributed by atoms with van der Waals surface area (Å²) >= 11 is 1.46. The van der Waals surface area contributed by atoms with Crippen molar-refractivity contribution in [1.82, 2.24) is 9.78 Å². The lowest BCUT2D eigenvalue weighted by Crippen LogP contribution is -2.33. The molecule has 1 aromatic carbocycles. The van der Waals surface area contributed by atoms with Crippen LogP contribution in [0.5, 0.6) is 11.5 Å². The summed E-state index contributed by atoms with van der Waals surface area (Å²) in [6.45, 7) is 0.987. The van der Waals surface area contributed by atoms with Crippen molar-refractivity contribution in [1.29, 1.82) is 0 Å². The summed E-state index contributed by atoms with van der Waals surface area (Å²) in [7, 11) is 0. The maximum atomic E-state index is 11.9. The number of anilines is 2. The second-order valence-electron chi connectivity index (χ2n) is 5.51. The second-order valence-corrected chi connectivity index (χ2v) is 6.45. The standard InChI is InChI=1S/C17H16N4O3S/c22-17(20-16-6-3-7-25-16)19-12-8-18-21(9-12)10-13-11-23-14-4-1-2-5-15(14)24-13/h1-9,13H,10-11H2,(H2,19,20,22)/t13-/m0/s1. The third kappa shape index (κ3) is 3.74. The van der Waals surface area contributed by atoms with Crippen LogP contribution in [0.1, 0.15) is 0 Å². The summed E-state index contributed by atoms with van der Waals surface area (Å²) in [6, 6.07) is 11.0. The molecule has 0 spiro atoms. The van der Waals surface area contributed by atoms with E-state index in [1.807, 2.05) is 41.8 Å². The van der Waals surface area contributed by atoms with Crippen molar-refractivity contribution in [2.24, 2.45) is 0 Å². The van der Waals surface area contributed by atoms with Crippen molar-refractivity contribution in [3.8, 4) is 11.5 Å². The number of hydrogen-bond acceptors (Lipinski definition) is 5. The molecule has 0 fully saturated rings. The Morgan fingerprint density at radius 3 is 2.96 bits per heavy atom. The Labute approximate surface area is 148 Å². The first-order valence-corrected chi connectivity index (χ1v) is 8.67. The van der Waals surface area contributed by atoms with Gasteiger partial charge in [-0.1, -0.05) is 12.1 Å². The molecule has 0 unspecified atom stereocenters. The van der Waals surface area contributed by atoms with Crippen molar-refractivity contribution in [3.63, 3.8) is 0 Å². The number of ether oxygens (including phenoxy) is 2. The first-order chi connectivity index (χ1) is 12.3. The minimum absolute atomic E-state index is 0.136. The molecule has 0 aliphatic carbocycles. The highest BCUT2D eigenvalue weighted by Crippen LogP contribution is 2.31. The maximum Gasteiger partial charge on any atom is 0.324 e. The first kappa shape index (κ1) is 15.5. The molecule has 3 aromatic rings. The molecule has 3 heterocycles. The summed E-state index contributed by atoms with van der Waals surface area (Å²) in [5, 5.41) is 12.5. The van der Waals surface area contributed by atoms with Gasteiger partial charge in [0.25, 0.3) is 0 Å². The fraction of sp³-hybridized carbons (Fsp3) is 0.176. The van der Waals surface area contributed by atoms with Crippen molar-refractivity contribution >= 4 is 28.1 Å². The maximum absolute atomic E-state index is 11.9. The van der Waals surface area contributed by atoms with Gasteiger partial charge in [0.1, 0.15) is 6.61 Å². The molecule has 1 aliphatic heterocycles. The molecule has 2 aromatic heterocycles. The lowest BCUT2D eigenvalue weighted by Gasteiger charge is -2.26. The lowest BCUT2D eigenvalue weighted by atomic mass is 10.2. The zero-order valence-electron chi connectivity index (χ0n) is 13.2. The van der Waals surface area contributed by atoms with Gasteiger partial charge in [-0.3, -0.25) is 10.00 Å². The number of nitrogens with zero attached hydrogens (tertiary/aromatic N) is 2. The zero-order chi connectivity index (χ0) is 17.1. The van der Waals surface area contributed by atoms with Crippen LogP contribution < -0.4 is 20.1 Å². The van der Waals surface area contributed by atoms with E-state index < -0.39 is 0 Å². The summed E-state index contributed by atoms with van der Waals surface area (Å²) in [5.41, 5.74) is 0.617. The van der Waals surface area contributed by atoms with Crippen molar-refractivity contribution < 1.29 is 14.3 Å². The second kappa shape index (κ2) is 6.86. The number of urea groups is 1. The summed E-state index contributed by atoms with van der Waals surface area (Å²) in [4.78, 5) is 11.9. The van der Waals surface area contributed by atoms with Gasteiger partial charge in [-0.15, -0.1) is 11.3 Å². The highest BCUT2D eigenvalue weighted by molar-refractivity contribution is 7.14. The number of aromatic nitrogens is 2. The van der Waals surface area contributed by atoms with Gasteiger partial charge in [0.15, 0.2) is 17.6 Å². The molecule has 8 heteroatoms. The van der Waals surface area contributed by atoms with Gasteiger partial charge in [-0.25, -0.2) is 4.79 Å². The van der Waals surface area contributed by atoms with Gasteiger partial charge in [0.2, 0.25) is 0 Å². The zero-order valence-corrected chi connectivity index (χ0v) is 14.0. The molecular formula is C17H16N4O3S. The molecule has 2 amide bonds. The molecule has 0 saturated heterocycles. The van der Waals surface area contributed by atoms with Crippen LogP contribution in [0.3, 0.4) is 0 Å². The third-order valence-electron chi connectivity index (χ3n) is 3.61. The minimum atomic E-state index is -0.298. The van der Waals surface area contributed by atoms with Crippen LogP contribution >= 0.6 is 11.3 Å². The molecule has 0 bridgehead atoms. The predicted octanol–water partition coefficient (Wildman–Crippen LogP) is 3.43. The molecular weight excluding hydrogens is 340 g/mol. The Balaban J connectivity index is 1.33. The first-order valence-electron chi connectivity index (χ1n) is 7.79. The average molecular weight is 356 g/mol. The van der Waals surface area contributed by atoms with E-state index in [1.54, 1.807) is 17.1 Å². The number of fused-ring (bicyclic) bond motifs is 1. The molecule has 1 aliphatic rings. The number of amides is 2. The van der Waals surface area contributed by atoms with Gasteiger partial charge in [0, 0.05) is 6.20 Å². The topological polar surface area (TPSA) is 77.4 Å². The molecule has 0 radical (unpaired) electrons. The molecule has 4 rings (SSSR count). The Hall–Kier alpha value is -3.00. The normalized spacial score (nSPS) is 15.6. The van der Waals surface area contributed by atoms with Crippen LogP contribution in [0.4, 0.5) is 15.5 Å². The molecule has 1 atom stereocenters. The SMILES string of the molecule is O=C(Nc1cnn(C[C@H]2COc3ccccc3O2)c1)Nc1cccs1. The third-order valence-corrected chi connectivity index (χ3v) is 4.39. The number of para-hydroxylation sites is 2.